The van der Waals surface area contributed by atoms with Gasteiger partial charge >= 0.3 is 0 Å². The number of nitrogens with zero attached hydrogens (tertiary/aromatic N) is 2. The van der Waals surface area contributed by atoms with Gasteiger partial charge in [0.05, 0.1) is 11.3 Å². The van der Waals surface area contributed by atoms with Gasteiger partial charge in [-0.05, 0) is 43.9 Å². The molecule has 1 aromatic carbocycles. The molecule has 0 unspecified atom stereocenters. The summed E-state index contributed by atoms with van der Waals surface area (Å²) in [6.45, 7) is 0. The molecule has 160 valence electrons. The Morgan fingerprint density at radius 2 is 1.84 bits per heavy atom. The number of benzene rings is 1. The molecule has 0 aliphatic carbocycles. The lowest BCUT2D eigenvalue weighted by atomic mass is 10.1. The molecule has 5 N–H and O–H groups in total. The van der Waals surface area contributed by atoms with E-state index in [1.165, 1.54) is 17.2 Å². The van der Waals surface area contributed by atoms with Crippen molar-refractivity contribution in [3.63, 3.8) is 0 Å². The molecule has 0 radical (unpaired) electrons. The molecule has 0 saturated carbocycles. The summed E-state index contributed by atoms with van der Waals surface area (Å²) >= 11 is 0. The Labute approximate surface area is 175 Å². The molecule has 31 heavy (non-hydrogen) atoms. The fraction of sp³-hybridized carbons (Fsp3) is 0.200. The van der Waals surface area contributed by atoms with Crippen LogP contribution in [0.15, 0.2) is 47.4 Å². The number of amides is 2. The summed E-state index contributed by atoms with van der Waals surface area (Å²) in [5.41, 5.74) is 3.76. The number of carbonyl (C=O) groups is 2. The first-order valence-electron chi connectivity index (χ1n) is 9.48. The van der Waals surface area contributed by atoms with Crippen LogP contribution >= 0.6 is 0 Å². The number of carbonyl (C=O) groups excluding carboxylic acids is 2. The summed E-state index contributed by atoms with van der Waals surface area (Å²) in [5.74, 6) is -4.04. The Morgan fingerprint density at radius 1 is 1.03 bits per heavy atom. The molecule has 1 fully saturated rings. The third-order valence-electron chi connectivity index (χ3n) is 4.94. The van der Waals surface area contributed by atoms with E-state index in [9.17, 15) is 18.4 Å². The highest BCUT2D eigenvalue weighted by Crippen LogP contribution is 2.28. The molecule has 2 aromatic rings. The number of hydrogen-bond acceptors (Lipinski definition) is 7. The number of hydrogen-bond donors (Lipinski definition) is 5. The Kier molecular flexibility index (Phi) is 5.58. The van der Waals surface area contributed by atoms with Crippen molar-refractivity contribution in [2.45, 2.75) is 25.7 Å². The molecular weight excluding hydrogens is 410 g/mol. The van der Waals surface area contributed by atoms with Crippen LogP contribution in [0, 0.1) is 11.6 Å². The fourth-order valence-corrected chi connectivity index (χ4v) is 3.40. The molecule has 3 heterocycles. The molecule has 2 aliphatic rings. The fourth-order valence-electron chi connectivity index (χ4n) is 3.40. The van der Waals surface area contributed by atoms with Crippen molar-refractivity contribution in [3.8, 4) is 0 Å². The highest BCUT2D eigenvalue weighted by atomic mass is 19.2. The van der Waals surface area contributed by atoms with Crippen molar-refractivity contribution in [3.05, 3.63) is 70.3 Å². The van der Waals surface area contributed by atoms with Crippen LogP contribution in [0.2, 0.25) is 0 Å². The lowest BCUT2D eigenvalue weighted by molar-refractivity contribution is 0.0706. The molecule has 2 aliphatic heterocycles. The van der Waals surface area contributed by atoms with E-state index in [-0.39, 0.29) is 11.4 Å². The van der Waals surface area contributed by atoms with Gasteiger partial charge in [0, 0.05) is 23.2 Å². The van der Waals surface area contributed by atoms with Crippen molar-refractivity contribution in [1.82, 2.24) is 21.0 Å². The minimum Gasteiger partial charge on any atom is -0.361 e. The minimum atomic E-state index is -1.31. The van der Waals surface area contributed by atoms with Crippen LogP contribution in [0.1, 0.15) is 46.5 Å². The van der Waals surface area contributed by atoms with E-state index >= 15 is 0 Å². The van der Waals surface area contributed by atoms with E-state index in [4.69, 9.17) is 5.21 Å². The Hall–Kier alpha value is -3.86. The first-order valence-corrected chi connectivity index (χ1v) is 9.48. The Balaban J connectivity index is 1.49. The number of aromatic nitrogens is 2. The van der Waals surface area contributed by atoms with Gasteiger partial charge < -0.3 is 16.0 Å². The zero-order chi connectivity index (χ0) is 22.0. The summed E-state index contributed by atoms with van der Waals surface area (Å²) in [6.07, 6.45) is 5.79. The number of halogens is 2. The first-order chi connectivity index (χ1) is 14.9. The van der Waals surface area contributed by atoms with E-state index in [2.05, 4.69) is 32.2 Å². The molecule has 2 bridgehead atoms. The standard InChI is InChI=1S/C20H18F2N6O3/c21-12-8-11(19(29)28-31)17(9-13(12)22)25-20(30)16-6-7-18(27-26-16)24-14-3-1-2-10-4-5-15(14)23-10/h2,6-9,23,31H,1,3-5H2,(H,24,27)(H,25,30)(H,28,29). The molecule has 1 saturated heterocycles. The molecule has 0 spiro atoms. The summed E-state index contributed by atoms with van der Waals surface area (Å²) in [5, 5.41) is 25.5. The zero-order valence-corrected chi connectivity index (χ0v) is 16.1. The van der Waals surface area contributed by atoms with Gasteiger partial charge in [0.15, 0.2) is 23.1 Å². The molecule has 4 rings (SSSR count). The van der Waals surface area contributed by atoms with Crippen molar-refractivity contribution >= 4 is 23.3 Å². The first kappa shape index (κ1) is 20.4. The lowest BCUT2D eigenvalue weighted by Gasteiger charge is -2.13. The third kappa shape index (κ3) is 4.36. The number of allylic oxidation sites excluding steroid dienone is 4. The van der Waals surface area contributed by atoms with E-state index in [1.807, 2.05) is 0 Å². The van der Waals surface area contributed by atoms with Crippen LogP contribution in [0.25, 0.3) is 0 Å². The summed E-state index contributed by atoms with van der Waals surface area (Å²) in [4.78, 5) is 24.1. The van der Waals surface area contributed by atoms with Gasteiger partial charge in [-0.3, -0.25) is 14.8 Å². The van der Waals surface area contributed by atoms with Gasteiger partial charge in [-0.1, -0.05) is 6.08 Å². The summed E-state index contributed by atoms with van der Waals surface area (Å²) in [6, 6.07) is 4.17. The lowest BCUT2D eigenvalue weighted by Crippen LogP contribution is -2.23. The van der Waals surface area contributed by atoms with Gasteiger partial charge in [0.25, 0.3) is 11.8 Å². The van der Waals surface area contributed by atoms with E-state index < -0.39 is 29.0 Å². The van der Waals surface area contributed by atoms with Crippen molar-refractivity contribution < 1.29 is 23.6 Å². The average Bonchev–Trinajstić information content (AvgIpc) is 3.14. The van der Waals surface area contributed by atoms with Crippen LogP contribution in [-0.4, -0.2) is 27.2 Å². The van der Waals surface area contributed by atoms with Crippen LogP contribution < -0.4 is 21.4 Å². The highest BCUT2D eigenvalue weighted by Gasteiger charge is 2.21. The SMILES string of the molecule is O=C(Nc1cc(F)c(F)cc1C(=O)NO)c1ccc(NC2=C3CCC(=CCC2)N3)nn1. The van der Waals surface area contributed by atoms with Gasteiger partial charge in [-0.25, -0.2) is 14.3 Å². The van der Waals surface area contributed by atoms with Gasteiger partial charge in [0.2, 0.25) is 0 Å². The second-order valence-electron chi connectivity index (χ2n) is 6.99. The van der Waals surface area contributed by atoms with Gasteiger partial charge in [-0.15, -0.1) is 10.2 Å². The van der Waals surface area contributed by atoms with Crippen molar-refractivity contribution in [2.24, 2.45) is 0 Å². The minimum absolute atomic E-state index is 0.105. The highest BCUT2D eigenvalue weighted by molar-refractivity contribution is 6.08. The molecule has 2 amide bonds. The second kappa shape index (κ2) is 8.48. The van der Waals surface area contributed by atoms with Gasteiger partial charge in [0.1, 0.15) is 0 Å². The van der Waals surface area contributed by atoms with Crippen LogP contribution in [0.4, 0.5) is 20.3 Å². The average molecular weight is 428 g/mol. The Morgan fingerprint density at radius 3 is 2.58 bits per heavy atom. The predicted octanol–water partition coefficient (Wildman–Crippen LogP) is 2.81. The van der Waals surface area contributed by atoms with E-state index in [1.54, 1.807) is 6.07 Å². The van der Waals surface area contributed by atoms with E-state index in [0.29, 0.717) is 18.0 Å². The molecule has 11 heteroatoms. The maximum atomic E-state index is 13.6. The molecule has 9 nitrogen and oxygen atoms in total. The number of hydroxylamine groups is 1. The normalized spacial score (nSPS) is 15.0. The van der Waals surface area contributed by atoms with E-state index in [0.717, 1.165) is 37.1 Å². The quantitative estimate of drug-likeness (QED) is 0.366. The molecule has 1 aromatic heterocycles. The van der Waals surface area contributed by atoms with Crippen LogP contribution in [0.3, 0.4) is 0 Å². The van der Waals surface area contributed by atoms with Crippen LogP contribution in [-0.2, 0) is 0 Å². The summed E-state index contributed by atoms with van der Waals surface area (Å²) in [7, 11) is 0. The summed E-state index contributed by atoms with van der Waals surface area (Å²) < 4.78 is 27.0. The predicted molar refractivity (Wildman–Crippen MR) is 106 cm³/mol. The van der Waals surface area contributed by atoms with Crippen molar-refractivity contribution in [2.75, 3.05) is 10.6 Å². The topological polar surface area (TPSA) is 128 Å². The maximum absolute atomic E-state index is 13.6. The number of rotatable bonds is 5. The molecule has 0 atom stereocenters. The maximum Gasteiger partial charge on any atom is 0.276 e. The number of fused-ring (bicyclic) bond motifs is 2. The molecular formula is C20H18F2N6O3. The third-order valence-corrected chi connectivity index (χ3v) is 4.94. The van der Waals surface area contributed by atoms with Crippen molar-refractivity contribution in [1.29, 1.82) is 0 Å². The van der Waals surface area contributed by atoms with Gasteiger partial charge in [-0.2, -0.15) is 0 Å². The number of anilines is 2. The largest absolute Gasteiger partial charge is 0.361 e. The zero-order valence-electron chi connectivity index (χ0n) is 16.1. The number of nitrogens with one attached hydrogen (secondary N) is 4. The van der Waals surface area contributed by atoms with Crippen LogP contribution in [0.5, 0.6) is 0 Å². The monoisotopic (exact) mass is 428 g/mol. The Bertz CT molecular complexity index is 1110. The second-order valence-corrected chi connectivity index (χ2v) is 6.99. The smallest absolute Gasteiger partial charge is 0.276 e.